The predicted octanol–water partition coefficient (Wildman–Crippen LogP) is 3.52. The fourth-order valence-corrected chi connectivity index (χ4v) is 2.20. The summed E-state index contributed by atoms with van der Waals surface area (Å²) in [4.78, 5) is 2.35. The van der Waals surface area contributed by atoms with Crippen molar-refractivity contribution in [2.45, 2.75) is 34.2 Å². The summed E-state index contributed by atoms with van der Waals surface area (Å²) in [7, 11) is 0. The van der Waals surface area contributed by atoms with Crippen LogP contribution in [0.1, 0.15) is 33.3 Å². The second-order valence-corrected chi connectivity index (χ2v) is 5.79. The highest BCUT2D eigenvalue weighted by Gasteiger charge is 2.13. The van der Waals surface area contributed by atoms with Crippen LogP contribution in [-0.2, 0) is 6.54 Å². The molecule has 3 heteroatoms. The van der Waals surface area contributed by atoms with Crippen LogP contribution >= 0.6 is 0 Å². The van der Waals surface area contributed by atoms with Gasteiger partial charge in [-0.1, -0.05) is 39.8 Å². The van der Waals surface area contributed by atoms with Crippen LogP contribution in [-0.4, -0.2) is 18.0 Å². The number of para-hydroxylation sites is 1. The molecule has 0 aliphatic heterocycles. The van der Waals surface area contributed by atoms with E-state index in [1.807, 2.05) is 6.07 Å². The quantitative estimate of drug-likeness (QED) is 0.785. The first kappa shape index (κ1) is 15.0. The lowest BCUT2D eigenvalue weighted by molar-refractivity contribution is 0.211. The van der Waals surface area contributed by atoms with Crippen molar-refractivity contribution >= 4 is 5.69 Å². The summed E-state index contributed by atoms with van der Waals surface area (Å²) in [5, 5.41) is 0. The van der Waals surface area contributed by atoms with Crippen molar-refractivity contribution < 1.29 is 4.39 Å². The molecule has 2 nitrogen and oxygen atoms in total. The Kier molecular flexibility index (Phi) is 5.60. The van der Waals surface area contributed by atoms with E-state index in [2.05, 4.69) is 32.6 Å². The molecular formula is C15H25FN2. The third-order valence-electron chi connectivity index (χ3n) is 2.78. The van der Waals surface area contributed by atoms with Gasteiger partial charge < -0.3 is 5.73 Å². The molecule has 18 heavy (non-hydrogen) atoms. The van der Waals surface area contributed by atoms with Gasteiger partial charge in [-0.05, 0) is 23.5 Å². The van der Waals surface area contributed by atoms with E-state index in [0.717, 1.165) is 25.2 Å². The van der Waals surface area contributed by atoms with E-state index in [1.165, 1.54) is 6.07 Å². The minimum absolute atomic E-state index is 0.287. The number of halogens is 1. The minimum Gasteiger partial charge on any atom is -0.396 e. The highest BCUT2D eigenvalue weighted by Crippen LogP contribution is 2.19. The van der Waals surface area contributed by atoms with E-state index in [-0.39, 0.29) is 11.5 Å². The van der Waals surface area contributed by atoms with Gasteiger partial charge in [0.2, 0.25) is 0 Å². The molecule has 0 aliphatic carbocycles. The molecule has 1 rings (SSSR count). The smallest absolute Gasteiger partial charge is 0.146 e. The standard InChI is InChI=1S/C15H25FN2/c1-11(2)8-18(9-12(3)4)10-13-6-5-7-14(16)15(13)17/h5-7,11-12H,8-10,17H2,1-4H3. The third kappa shape index (κ3) is 4.65. The summed E-state index contributed by atoms with van der Waals surface area (Å²) in [6, 6.07) is 5.05. The van der Waals surface area contributed by atoms with Gasteiger partial charge in [0.1, 0.15) is 5.82 Å². The van der Waals surface area contributed by atoms with Crippen LogP contribution in [0.2, 0.25) is 0 Å². The topological polar surface area (TPSA) is 29.3 Å². The molecule has 0 amide bonds. The Bertz CT molecular complexity index is 365. The summed E-state index contributed by atoms with van der Waals surface area (Å²) < 4.78 is 13.4. The zero-order valence-corrected chi connectivity index (χ0v) is 11.9. The molecule has 0 fully saturated rings. The molecule has 0 saturated carbocycles. The highest BCUT2D eigenvalue weighted by molar-refractivity contribution is 5.47. The van der Waals surface area contributed by atoms with Gasteiger partial charge in [-0.15, -0.1) is 0 Å². The van der Waals surface area contributed by atoms with E-state index in [0.29, 0.717) is 11.8 Å². The van der Waals surface area contributed by atoms with Crippen LogP contribution in [0.25, 0.3) is 0 Å². The van der Waals surface area contributed by atoms with E-state index in [1.54, 1.807) is 6.07 Å². The van der Waals surface area contributed by atoms with Crippen molar-refractivity contribution in [1.29, 1.82) is 0 Å². The van der Waals surface area contributed by atoms with Crippen molar-refractivity contribution in [2.24, 2.45) is 11.8 Å². The van der Waals surface area contributed by atoms with Crippen molar-refractivity contribution in [3.8, 4) is 0 Å². The van der Waals surface area contributed by atoms with Crippen LogP contribution in [0.5, 0.6) is 0 Å². The number of nitrogens with zero attached hydrogens (tertiary/aromatic N) is 1. The Morgan fingerprint density at radius 3 is 2.17 bits per heavy atom. The molecular weight excluding hydrogens is 227 g/mol. The Labute approximate surface area is 110 Å². The lowest BCUT2D eigenvalue weighted by Crippen LogP contribution is -2.31. The SMILES string of the molecule is CC(C)CN(Cc1cccc(F)c1N)CC(C)C. The maximum absolute atomic E-state index is 13.4. The molecule has 0 saturated heterocycles. The van der Waals surface area contributed by atoms with Crippen LogP contribution in [0.3, 0.4) is 0 Å². The molecule has 1 aromatic carbocycles. The number of benzene rings is 1. The Hall–Kier alpha value is -1.09. The van der Waals surface area contributed by atoms with Crippen molar-refractivity contribution in [2.75, 3.05) is 18.8 Å². The second kappa shape index (κ2) is 6.74. The minimum atomic E-state index is -0.318. The number of hydrogen-bond acceptors (Lipinski definition) is 2. The maximum atomic E-state index is 13.4. The number of rotatable bonds is 6. The summed E-state index contributed by atoms with van der Waals surface area (Å²) in [5.41, 5.74) is 6.96. The monoisotopic (exact) mass is 252 g/mol. The predicted molar refractivity (Wildman–Crippen MR) is 75.8 cm³/mol. The Balaban J connectivity index is 2.78. The molecule has 0 heterocycles. The molecule has 1 aromatic rings. The van der Waals surface area contributed by atoms with Crippen LogP contribution in [0.4, 0.5) is 10.1 Å². The van der Waals surface area contributed by atoms with Crippen molar-refractivity contribution in [1.82, 2.24) is 4.90 Å². The number of nitrogens with two attached hydrogens (primary N) is 1. The van der Waals surface area contributed by atoms with Crippen molar-refractivity contribution in [3.05, 3.63) is 29.6 Å². The lowest BCUT2D eigenvalue weighted by Gasteiger charge is -2.26. The molecule has 102 valence electrons. The van der Waals surface area contributed by atoms with E-state index < -0.39 is 0 Å². The van der Waals surface area contributed by atoms with Crippen molar-refractivity contribution in [3.63, 3.8) is 0 Å². The summed E-state index contributed by atoms with van der Waals surface area (Å²) in [6.07, 6.45) is 0. The van der Waals surface area contributed by atoms with Gasteiger partial charge in [0.05, 0.1) is 5.69 Å². The molecule has 0 bridgehead atoms. The maximum Gasteiger partial charge on any atom is 0.146 e. The molecule has 0 radical (unpaired) electrons. The average molecular weight is 252 g/mol. The molecule has 0 aliphatic rings. The number of nitrogen functional groups attached to an aromatic ring is 1. The van der Waals surface area contributed by atoms with Gasteiger partial charge in [0.15, 0.2) is 0 Å². The fraction of sp³-hybridized carbons (Fsp3) is 0.600. The van der Waals surface area contributed by atoms with E-state index in [4.69, 9.17) is 5.73 Å². The second-order valence-electron chi connectivity index (χ2n) is 5.79. The van der Waals surface area contributed by atoms with Crippen LogP contribution in [0.15, 0.2) is 18.2 Å². The first-order chi connectivity index (χ1) is 8.40. The molecule has 2 N–H and O–H groups in total. The molecule has 0 atom stereocenters. The molecule has 0 aromatic heterocycles. The van der Waals surface area contributed by atoms with Gasteiger partial charge in [0.25, 0.3) is 0 Å². The molecule has 0 unspecified atom stereocenters. The average Bonchev–Trinajstić information content (AvgIpc) is 2.23. The first-order valence-electron chi connectivity index (χ1n) is 6.65. The van der Waals surface area contributed by atoms with Gasteiger partial charge in [-0.25, -0.2) is 4.39 Å². The first-order valence-corrected chi connectivity index (χ1v) is 6.65. The zero-order chi connectivity index (χ0) is 13.7. The number of anilines is 1. The van der Waals surface area contributed by atoms with Gasteiger partial charge in [0, 0.05) is 19.6 Å². The summed E-state index contributed by atoms with van der Waals surface area (Å²) in [6.45, 7) is 11.5. The molecule has 0 spiro atoms. The highest BCUT2D eigenvalue weighted by atomic mass is 19.1. The summed E-state index contributed by atoms with van der Waals surface area (Å²) >= 11 is 0. The fourth-order valence-electron chi connectivity index (χ4n) is 2.20. The van der Waals surface area contributed by atoms with Crippen LogP contribution < -0.4 is 5.73 Å². The third-order valence-corrected chi connectivity index (χ3v) is 2.78. The number of hydrogen-bond donors (Lipinski definition) is 1. The van der Waals surface area contributed by atoms with Gasteiger partial charge >= 0.3 is 0 Å². The largest absolute Gasteiger partial charge is 0.396 e. The Morgan fingerprint density at radius 2 is 1.67 bits per heavy atom. The van der Waals surface area contributed by atoms with E-state index >= 15 is 0 Å². The van der Waals surface area contributed by atoms with Gasteiger partial charge in [-0.3, -0.25) is 4.90 Å². The lowest BCUT2D eigenvalue weighted by atomic mass is 10.1. The Morgan fingerprint density at radius 1 is 1.11 bits per heavy atom. The van der Waals surface area contributed by atoms with E-state index in [9.17, 15) is 4.39 Å². The summed E-state index contributed by atoms with van der Waals surface area (Å²) in [5.74, 6) is 0.874. The normalized spacial score (nSPS) is 11.8. The van der Waals surface area contributed by atoms with Gasteiger partial charge in [-0.2, -0.15) is 0 Å². The zero-order valence-electron chi connectivity index (χ0n) is 11.9. The van der Waals surface area contributed by atoms with Crippen LogP contribution in [0, 0.1) is 17.7 Å².